The summed E-state index contributed by atoms with van der Waals surface area (Å²) in [5.41, 5.74) is 1.64. The lowest BCUT2D eigenvalue weighted by Crippen LogP contribution is -2.38. The van der Waals surface area contributed by atoms with Gasteiger partial charge in [0.25, 0.3) is 5.69 Å². The molecule has 1 unspecified atom stereocenters. The van der Waals surface area contributed by atoms with Crippen molar-refractivity contribution in [1.29, 1.82) is 0 Å². The van der Waals surface area contributed by atoms with Gasteiger partial charge in [0.15, 0.2) is 0 Å². The minimum Gasteiger partial charge on any atom is -0.383 e. The number of nitrogens with one attached hydrogen (secondary N) is 1. The van der Waals surface area contributed by atoms with Crippen LogP contribution in [0, 0.1) is 10.1 Å². The number of aromatic nitrogens is 1. The molecule has 1 fully saturated rings. The van der Waals surface area contributed by atoms with E-state index in [4.69, 9.17) is 0 Å². The highest BCUT2D eigenvalue weighted by Gasteiger charge is 2.17. The monoisotopic (exact) mass is 342 g/mol. The number of piperidine rings is 1. The summed E-state index contributed by atoms with van der Waals surface area (Å²) < 4.78 is 0. The zero-order valence-corrected chi connectivity index (χ0v) is 14.8. The van der Waals surface area contributed by atoms with Crippen molar-refractivity contribution in [2.75, 3.05) is 25.0 Å². The molecular formula is C19H26N4O2. The van der Waals surface area contributed by atoms with Crippen molar-refractivity contribution >= 4 is 22.3 Å². The fourth-order valence-electron chi connectivity index (χ4n) is 3.61. The molecule has 134 valence electrons. The standard InChI is InChI=1S/C19H26N4O2/c1-15-7-2-4-13-22(15)14-5-3-11-20-17-9-10-18(23(24)25)16-8-6-12-21-19(16)17/h6,8-10,12,15,20H,2-5,7,11,13-14H2,1H3. The summed E-state index contributed by atoms with van der Waals surface area (Å²) >= 11 is 0. The number of anilines is 1. The van der Waals surface area contributed by atoms with E-state index in [0.717, 1.165) is 31.6 Å². The SMILES string of the molecule is CC1CCCCN1CCCCNc1ccc([N+](=O)[O-])c2cccnc12. The number of nitro benzene ring substituents is 1. The van der Waals surface area contributed by atoms with Gasteiger partial charge in [0.1, 0.15) is 5.52 Å². The van der Waals surface area contributed by atoms with E-state index < -0.39 is 0 Å². The lowest BCUT2D eigenvalue weighted by Gasteiger charge is -2.33. The normalized spacial score (nSPS) is 18.4. The van der Waals surface area contributed by atoms with Gasteiger partial charge in [-0.1, -0.05) is 6.42 Å². The Hall–Kier alpha value is -2.21. The molecule has 0 aliphatic carbocycles. The molecule has 25 heavy (non-hydrogen) atoms. The zero-order valence-electron chi connectivity index (χ0n) is 14.8. The minimum absolute atomic E-state index is 0.104. The summed E-state index contributed by atoms with van der Waals surface area (Å²) in [6.45, 7) is 5.56. The Balaban J connectivity index is 1.55. The Morgan fingerprint density at radius 3 is 3.00 bits per heavy atom. The van der Waals surface area contributed by atoms with Crippen LogP contribution in [0.3, 0.4) is 0 Å². The van der Waals surface area contributed by atoms with E-state index in [1.807, 2.05) is 0 Å². The van der Waals surface area contributed by atoms with Crippen molar-refractivity contribution in [3.63, 3.8) is 0 Å². The molecule has 6 nitrogen and oxygen atoms in total. The van der Waals surface area contributed by atoms with E-state index in [1.54, 1.807) is 30.5 Å². The molecule has 1 aliphatic rings. The van der Waals surface area contributed by atoms with Gasteiger partial charge in [0, 0.05) is 24.8 Å². The maximum atomic E-state index is 11.2. The number of hydrogen-bond acceptors (Lipinski definition) is 5. The predicted octanol–water partition coefficient (Wildman–Crippen LogP) is 4.21. The van der Waals surface area contributed by atoms with Crippen molar-refractivity contribution in [2.24, 2.45) is 0 Å². The Labute approximate surface area is 148 Å². The molecule has 1 saturated heterocycles. The van der Waals surface area contributed by atoms with E-state index in [0.29, 0.717) is 16.9 Å². The minimum atomic E-state index is -0.354. The summed E-state index contributed by atoms with van der Waals surface area (Å²) in [4.78, 5) is 17.7. The topological polar surface area (TPSA) is 71.3 Å². The summed E-state index contributed by atoms with van der Waals surface area (Å²) in [5.74, 6) is 0. The molecule has 3 rings (SSSR count). The average Bonchev–Trinajstić information content (AvgIpc) is 2.62. The number of benzene rings is 1. The molecule has 1 atom stereocenters. The number of unbranched alkanes of at least 4 members (excludes halogenated alkanes) is 1. The molecule has 2 aromatic rings. The molecular weight excluding hydrogens is 316 g/mol. The number of fused-ring (bicyclic) bond motifs is 1. The molecule has 1 N–H and O–H groups in total. The molecule has 1 aromatic carbocycles. The fraction of sp³-hybridized carbons (Fsp3) is 0.526. The average molecular weight is 342 g/mol. The van der Waals surface area contributed by atoms with Crippen molar-refractivity contribution in [3.05, 3.63) is 40.6 Å². The second kappa shape index (κ2) is 8.25. The first-order valence-electron chi connectivity index (χ1n) is 9.17. The van der Waals surface area contributed by atoms with E-state index in [-0.39, 0.29) is 10.6 Å². The number of non-ortho nitro benzene ring substituents is 1. The Morgan fingerprint density at radius 2 is 2.20 bits per heavy atom. The number of likely N-dealkylation sites (tertiary alicyclic amines) is 1. The second-order valence-corrected chi connectivity index (χ2v) is 6.80. The second-order valence-electron chi connectivity index (χ2n) is 6.80. The van der Waals surface area contributed by atoms with Gasteiger partial charge >= 0.3 is 0 Å². The van der Waals surface area contributed by atoms with Crippen LogP contribution in [-0.2, 0) is 0 Å². The van der Waals surface area contributed by atoms with Crippen LogP contribution < -0.4 is 5.32 Å². The van der Waals surface area contributed by atoms with Crippen molar-refractivity contribution in [2.45, 2.75) is 45.1 Å². The number of hydrogen-bond donors (Lipinski definition) is 1. The first kappa shape index (κ1) is 17.6. The van der Waals surface area contributed by atoms with Crippen LogP contribution in [0.1, 0.15) is 39.0 Å². The summed E-state index contributed by atoms with van der Waals surface area (Å²) in [5, 5.41) is 15.1. The lowest BCUT2D eigenvalue weighted by atomic mass is 10.0. The van der Waals surface area contributed by atoms with Gasteiger partial charge < -0.3 is 10.2 Å². The Morgan fingerprint density at radius 1 is 1.32 bits per heavy atom. The molecule has 0 saturated carbocycles. The molecule has 0 radical (unpaired) electrons. The van der Waals surface area contributed by atoms with Gasteiger partial charge in [-0.15, -0.1) is 0 Å². The number of nitrogens with zero attached hydrogens (tertiary/aromatic N) is 3. The van der Waals surface area contributed by atoms with Crippen LogP contribution >= 0.6 is 0 Å². The third kappa shape index (κ3) is 4.25. The van der Waals surface area contributed by atoms with Crippen molar-refractivity contribution in [1.82, 2.24) is 9.88 Å². The Bertz CT molecular complexity index is 734. The van der Waals surface area contributed by atoms with E-state index in [2.05, 4.69) is 22.1 Å². The largest absolute Gasteiger partial charge is 0.383 e. The molecule has 6 heteroatoms. The van der Waals surface area contributed by atoms with Crippen LogP contribution in [0.2, 0.25) is 0 Å². The highest BCUT2D eigenvalue weighted by Crippen LogP contribution is 2.29. The fourth-order valence-corrected chi connectivity index (χ4v) is 3.61. The van der Waals surface area contributed by atoms with Crippen LogP contribution in [-0.4, -0.2) is 40.5 Å². The highest BCUT2D eigenvalue weighted by atomic mass is 16.6. The molecule has 1 aromatic heterocycles. The van der Waals surface area contributed by atoms with Crippen molar-refractivity contribution < 1.29 is 4.92 Å². The van der Waals surface area contributed by atoms with Gasteiger partial charge in [-0.25, -0.2) is 0 Å². The van der Waals surface area contributed by atoms with Crippen LogP contribution in [0.25, 0.3) is 10.9 Å². The third-order valence-electron chi connectivity index (χ3n) is 5.07. The van der Waals surface area contributed by atoms with Crippen LogP contribution in [0.15, 0.2) is 30.5 Å². The van der Waals surface area contributed by atoms with Gasteiger partial charge in [-0.2, -0.15) is 0 Å². The molecule has 2 heterocycles. The molecule has 1 aliphatic heterocycles. The molecule has 0 spiro atoms. The molecule has 0 amide bonds. The summed E-state index contributed by atoms with van der Waals surface area (Å²) in [6, 6.07) is 7.52. The summed E-state index contributed by atoms with van der Waals surface area (Å²) in [7, 11) is 0. The Kier molecular flexibility index (Phi) is 5.81. The zero-order chi connectivity index (χ0) is 17.6. The van der Waals surface area contributed by atoms with E-state index in [9.17, 15) is 10.1 Å². The lowest BCUT2D eigenvalue weighted by molar-refractivity contribution is -0.383. The van der Waals surface area contributed by atoms with Crippen molar-refractivity contribution in [3.8, 4) is 0 Å². The smallest absolute Gasteiger partial charge is 0.278 e. The van der Waals surface area contributed by atoms with E-state index in [1.165, 1.54) is 25.8 Å². The highest BCUT2D eigenvalue weighted by molar-refractivity contribution is 5.96. The van der Waals surface area contributed by atoms with Gasteiger partial charge in [0.2, 0.25) is 0 Å². The van der Waals surface area contributed by atoms with E-state index >= 15 is 0 Å². The van der Waals surface area contributed by atoms with Crippen LogP contribution in [0.4, 0.5) is 11.4 Å². The summed E-state index contributed by atoms with van der Waals surface area (Å²) in [6.07, 6.45) is 7.92. The van der Waals surface area contributed by atoms with Gasteiger partial charge in [-0.05, 0) is 63.9 Å². The first-order valence-corrected chi connectivity index (χ1v) is 9.17. The molecule has 0 bridgehead atoms. The maximum absolute atomic E-state index is 11.2. The number of nitro groups is 1. The quantitative estimate of drug-likeness (QED) is 0.464. The first-order chi connectivity index (χ1) is 12.2. The predicted molar refractivity (Wildman–Crippen MR) is 101 cm³/mol. The third-order valence-corrected chi connectivity index (χ3v) is 5.07. The van der Waals surface area contributed by atoms with Crippen LogP contribution in [0.5, 0.6) is 0 Å². The van der Waals surface area contributed by atoms with Gasteiger partial charge in [0.05, 0.1) is 16.0 Å². The number of pyridine rings is 1. The maximum Gasteiger partial charge on any atom is 0.278 e. The number of rotatable bonds is 7. The van der Waals surface area contributed by atoms with Gasteiger partial charge in [-0.3, -0.25) is 15.1 Å².